The van der Waals surface area contributed by atoms with Gasteiger partial charge in [-0.2, -0.15) is 0 Å². The average Bonchev–Trinajstić information content (AvgIpc) is 3.31. The predicted molar refractivity (Wildman–Crippen MR) is 152 cm³/mol. The molecule has 0 N–H and O–H groups in total. The van der Waals surface area contributed by atoms with Gasteiger partial charge in [-0.1, -0.05) is 50.2 Å². The van der Waals surface area contributed by atoms with Crippen LogP contribution < -0.4 is 0 Å². The molecule has 4 saturated carbocycles. The van der Waals surface area contributed by atoms with Gasteiger partial charge in [0.05, 0.1) is 11.1 Å². The molecule has 0 aliphatic heterocycles. The van der Waals surface area contributed by atoms with Crippen LogP contribution in [0.3, 0.4) is 0 Å². The van der Waals surface area contributed by atoms with Crippen LogP contribution in [0, 0.1) is 40.4 Å². The van der Waals surface area contributed by atoms with Gasteiger partial charge in [0.1, 0.15) is 12.2 Å². The molecular formula is C35H44O4. The number of hydrogen-bond donors (Lipinski definition) is 0. The number of esters is 2. The van der Waals surface area contributed by atoms with Crippen LogP contribution in [0.2, 0.25) is 0 Å². The van der Waals surface area contributed by atoms with Crippen molar-refractivity contribution in [3.8, 4) is 0 Å². The first kappa shape index (κ1) is 26.6. The van der Waals surface area contributed by atoms with Crippen LogP contribution in [0.15, 0.2) is 60.7 Å². The maximum absolute atomic E-state index is 12.8. The normalized spacial score (nSPS) is 38.0. The smallest absolute Gasteiger partial charge is 0.338 e. The van der Waals surface area contributed by atoms with Crippen molar-refractivity contribution in [1.29, 1.82) is 0 Å². The molecule has 0 radical (unpaired) electrons. The molecule has 0 amide bonds. The molecule has 0 unspecified atom stereocenters. The number of benzene rings is 2. The Hall–Kier alpha value is -2.62. The van der Waals surface area contributed by atoms with Crippen LogP contribution in [-0.4, -0.2) is 24.1 Å². The number of ether oxygens (including phenoxy) is 2. The Morgan fingerprint density at radius 1 is 0.744 bits per heavy atom. The van der Waals surface area contributed by atoms with E-state index in [1.54, 1.807) is 0 Å². The molecular weight excluding hydrogens is 484 g/mol. The molecule has 2 aromatic carbocycles. The highest BCUT2D eigenvalue weighted by atomic mass is 16.5. The van der Waals surface area contributed by atoms with E-state index in [0.717, 1.165) is 37.5 Å². The van der Waals surface area contributed by atoms with E-state index in [1.807, 2.05) is 60.7 Å². The fourth-order valence-electron chi connectivity index (χ4n) is 9.82. The monoisotopic (exact) mass is 528 g/mol. The Labute approximate surface area is 233 Å². The summed E-state index contributed by atoms with van der Waals surface area (Å²) in [7, 11) is 0. The van der Waals surface area contributed by atoms with Gasteiger partial charge >= 0.3 is 11.9 Å². The molecule has 4 aliphatic rings. The molecule has 0 aromatic heterocycles. The summed E-state index contributed by atoms with van der Waals surface area (Å²) in [5.41, 5.74) is 1.87. The van der Waals surface area contributed by atoms with E-state index in [2.05, 4.69) is 20.8 Å². The van der Waals surface area contributed by atoms with Crippen LogP contribution >= 0.6 is 0 Å². The molecule has 4 aliphatic carbocycles. The van der Waals surface area contributed by atoms with Gasteiger partial charge in [0.15, 0.2) is 0 Å². The van der Waals surface area contributed by atoms with Crippen molar-refractivity contribution >= 4 is 11.9 Å². The first-order valence-electron chi connectivity index (χ1n) is 15.3. The number of hydrogen-bond acceptors (Lipinski definition) is 4. The van der Waals surface area contributed by atoms with E-state index in [1.165, 1.54) is 32.1 Å². The standard InChI is InChI=1S/C35H44O4/c1-23(38-32(36)24-10-6-4-7-11-24)29-16-17-30-28-15-14-26-22-27(39-33(37)25-12-8-5-9-13-25)18-20-34(26,2)31(28)19-21-35(29,30)3/h4-13,23,26-31H,14-22H2,1-3H3/t23-,26+,27+,28+,29-,30+,31+,34+,35-/m1/s1. The maximum atomic E-state index is 12.8. The first-order chi connectivity index (χ1) is 18.8. The summed E-state index contributed by atoms with van der Waals surface area (Å²) in [6.07, 6.45) is 10.6. The number of rotatable bonds is 5. The minimum absolute atomic E-state index is 0.0391. The van der Waals surface area contributed by atoms with Gasteiger partial charge in [-0.25, -0.2) is 9.59 Å². The van der Waals surface area contributed by atoms with Crippen LogP contribution in [0.25, 0.3) is 0 Å². The van der Waals surface area contributed by atoms with Gasteiger partial charge in [-0.05, 0) is 123 Å². The zero-order chi connectivity index (χ0) is 27.2. The van der Waals surface area contributed by atoms with E-state index >= 15 is 0 Å². The second-order valence-corrected chi connectivity index (χ2v) is 13.5. The minimum Gasteiger partial charge on any atom is -0.459 e. The zero-order valence-electron chi connectivity index (χ0n) is 23.8. The Morgan fingerprint density at radius 3 is 2.05 bits per heavy atom. The molecule has 0 heterocycles. The maximum Gasteiger partial charge on any atom is 0.338 e. The Morgan fingerprint density at radius 2 is 1.36 bits per heavy atom. The summed E-state index contributed by atoms with van der Waals surface area (Å²) in [4.78, 5) is 25.5. The van der Waals surface area contributed by atoms with Gasteiger partial charge < -0.3 is 9.47 Å². The van der Waals surface area contributed by atoms with Gasteiger partial charge in [0.2, 0.25) is 0 Å². The summed E-state index contributed by atoms with van der Waals surface area (Å²) in [6.45, 7) is 7.19. The third-order valence-electron chi connectivity index (χ3n) is 11.8. The second kappa shape index (κ2) is 10.4. The van der Waals surface area contributed by atoms with Crippen molar-refractivity contribution in [3.05, 3.63) is 71.8 Å². The lowest BCUT2D eigenvalue weighted by atomic mass is 9.44. The summed E-state index contributed by atoms with van der Waals surface area (Å²) in [6, 6.07) is 18.8. The topological polar surface area (TPSA) is 52.6 Å². The van der Waals surface area contributed by atoms with Crippen molar-refractivity contribution in [2.75, 3.05) is 0 Å². The lowest BCUT2D eigenvalue weighted by molar-refractivity contribution is -0.133. The number of carbonyl (C=O) groups is 2. The molecule has 0 bridgehead atoms. The summed E-state index contributed by atoms with van der Waals surface area (Å²) in [5, 5.41) is 0. The van der Waals surface area contributed by atoms with E-state index < -0.39 is 0 Å². The number of fused-ring (bicyclic) bond motifs is 5. The fraction of sp³-hybridized carbons (Fsp3) is 0.600. The summed E-state index contributed by atoms with van der Waals surface area (Å²) in [5.74, 6) is 2.91. The SMILES string of the molecule is C[C@@H](OC(=O)c1ccccc1)[C@H]1CC[C@H]2[C@@H]3CC[C@H]4C[C@@H](OC(=O)c5ccccc5)CC[C@]4(C)[C@H]3CC[C@]12C. The fourth-order valence-corrected chi connectivity index (χ4v) is 9.82. The van der Waals surface area contributed by atoms with Crippen molar-refractivity contribution in [2.45, 2.75) is 90.8 Å². The molecule has 0 spiro atoms. The predicted octanol–water partition coefficient (Wildman–Crippen LogP) is 8.12. The van der Waals surface area contributed by atoms with Gasteiger partial charge in [-0.15, -0.1) is 0 Å². The van der Waals surface area contributed by atoms with Gasteiger partial charge in [0, 0.05) is 5.92 Å². The zero-order valence-corrected chi connectivity index (χ0v) is 23.8. The summed E-state index contributed by atoms with van der Waals surface area (Å²) < 4.78 is 12.1. The van der Waals surface area contributed by atoms with E-state index in [0.29, 0.717) is 34.3 Å². The third-order valence-corrected chi connectivity index (χ3v) is 11.8. The quantitative estimate of drug-likeness (QED) is 0.368. The third kappa shape index (κ3) is 4.72. The number of carbonyl (C=O) groups excluding carboxylic acids is 2. The Bertz CT molecular complexity index is 1180. The van der Waals surface area contributed by atoms with Crippen LogP contribution in [-0.2, 0) is 9.47 Å². The highest BCUT2D eigenvalue weighted by molar-refractivity contribution is 5.89. The molecule has 6 rings (SSSR count). The van der Waals surface area contributed by atoms with Crippen molar-refractivity contribution in [3.63, 3.8) is 0 Å². The molecule has 4 heteroatoms. The Balaban J connectivity index is 1.11. The molecule has 4 nitrogen and oxygen atoms in total. The Kier molecular flexibility index (Phi) is 7.10. The van der Waals surface area contributed by atoms with Crippen LogP contribution in [0.1, 0.15) is 99.3 Å². The second-order valence-electron chi connectivity index (χ2n) is 13.5. The van der Waals surface area contributed by atoms with E-state index in [4.69, 9.17) is 9.47 Å². The van der Waals surface area contributed by atoms with Gasteiger partial charge in [-0.3, -0.25) is 0 Å². The van der Waals surface area contributed by atoms with E-state index in [-0.39, 0.29) is 29.6 Å². The molecule has 208 valence electrons. The molecule has 39 heavy (non-hydrogen) atoms. The van der Waals surface area contributed by atoms with Crippen molar-refractivity contribution in [1.82, 2.24) is 0 Å². The molecule has 2 aromatic rings. The van der Waals surface area contributed by atoms with Crippen molar-refractivity contribution < 1.29 is 19.1 Å². The van der Waals surface area contributed by atoms with Crippen molar-refractivity contribution in [2.24, 2.45) is 40.4 Å². The lowest BCUT2D eigenvalue weighted by Crippen LogP contribution is -2.54. The highest BCUT2D eigenvalue weighted by Gasteiger charge is 2.61. The molecule has 0 saturated heterocycles. The minimum atomic E-state index is -0.193. The van der Waals surface area contributed by atoms with Crippen LogP contribution in [0.4, 0.5) is 0 Å². The molecule has 9 atom stereocenters. The van der Waals surface area contributed by atoms with E-state index in [9.17, 15) is 9.59 Å². The highest BCUT2D eigenvalue weighted by Crippen LogP contribution is 2.68. The van der Waals surface area contributed by atoms with Crippen LogP contribution in [0.5, 0.6) is 0 Å². The largest absolute Gasteiger partial charge is 0.459 e. The lowest BCUT2D eigenvalue weighted by Gasteiger charge is -2.61. The summed E-state index contributed by atoms with van der Waals surface area (Å²) >= 11 is 0. The average molecular weight is 529 g/mol. The van der Waals surface area contributed by atoms with Gasteiger partial charge in [0.25, 0.3) is 0 Å². The molecule has 4 fully saturated rings. The first-order valence-corrected chi connectivity index (χ1v) is 15.3.